The molecule has 1 aromatic carbocycles. The van der Waals surface area contributed by atoms with Gasteiger partial charge in [-0.1, -0.05) is 18.2 Å². The van der Waals surface area contributed by atoms with Crippen LogP contribution in [-0.4, -0.2) is 28.8 Å². The number of nitrogens with zero attached hydrogens (tertiary/aromatic N) is 3. The van der Waals surface area contributed by atoms with Crippen molar-refractivity contribution in [3.05, 3.63) is 59.9 Å². The third-order valence-electron chi connectivity index (χ3n) is 3.82. The average Bonchev–Trinajstić information content (AvgIpc) is 2.99. The van der Waals surface area contributed by atoms with Gasteiger partial charge >= 0.3 is 12.1 Å². The molecule has 0 spiro atoms. The molecule has 0 amide bonds. The first-order chi connectivity index (χ1) is 12.9. The van der Waals surface area contributed by atoms with E-state index in [0.29, 0.717) is 0 Å². The highest BCUT2D eigenvalue weighted by atomic mass is 19.4. The summed E-state index contributed by atoms with van der Waals surface area (Å²) in [6.07, 6.45) is -0.446. The quantitative estimate of drug-likeness (QED) is 0.419. The van der Waals surface area contributed by atoms with Gasteiger partial charge in [0.1, 0.15) is 12.4 Å². The number of hydrogen-bond donors (Lipinski definition) is 1. The van der Waals surface area contributed by atoms with Gasteiger partial charge in [-0.2, -0.15) is 18.3 Å². The fourth-order valence-electron chi connectivity index (χ4n) is 2.51. The topological polar surface area (TPSA) is 68.5 Å². The van der Waals surface area contributed by atoms with E-state index in [1.165, 1.54) is 19.4 Å². The standard InChI is InChI=1S/C18H15F3N4O2/c1-27-17(26)11-25-10-12(14-4-2-3-5-15(14)25)8-23-24-16-7-6-13(9-22-16)18(19,20)21/h2-10H,11H2,1H3,(H,22,24)/b23-8-. The van der Waals surface area contributed by atoms with Crippen LogP contribution in [0.5, 0.6) is 0 Å². The number of fused-ring (bicyclic) bond motifs is 1. The summed E-state index contributed by atoms with van der Waals surface area (Å²) in [5.74, 6) is -0.205. The van der Waals surface area contributed by atoms with Crippen molar-refractivity contribution in [2.75, 3.05) is 12.5 Å². The van der Waals surface area contributed by atoms with Gasteiger partial charge in [0.25, 0.3) is 0 Å². The van der Waals surface area contributed by atoms with Gasteiger partial charge in [0.15, 0.2) is 0 Å². The van der Waals surface area contributed by atoms with E-state index >= 15 is 0 Å². The summed E-state index contributed by atoms with van der Waals surface area (Å²) in [5.41, 5.74) is 3.32. The maximum Gasteiger partial charge on any atom is 0.417 e. The van der Waals surface area contributed by atoms with E-state index in [4.69, 9.17) is 4.74 Å². The van der Waals surface area contributed by atoms with Crippen LogP contribution in [-0.2, 0) is 22.3 Å². The van der Waals surface area contributed by atoms with E-state index in [1.807, 2.05) is 24.3 Å². The number of rotatable bonds is 5. The van der Waals surface area contributed by atoms with E-state index in [1.54, 1.807) is 10.8 Å². The lowest BCUT2D eigenvalue weighted by atomic mass is 10.2. The summed E-state index contributed by atoms with van der Waals surface area (Å²) in [6.45, 7) is 0.0543. The number of alkyl halides is 3. The van der Waals surface area contributed by atoms with Crippen LogP contribution in [0.3, 0.4) is 0 Å². The van der Waals surface area contributed by atoms with Crippen molar-refractivity contribution in [2.45, 2.75) is 12.7 Å². The van der Waals surface area contributed by atoms with Gasteiger partial charge in [-0.15, -0.1) is 0 Å². The summed E-state index contributed by atoms with van der Waals surface area (Å²) < 4.78 is 44.0. The second kappa shape index (κ2) is 7.48. The predicted molar refractivity (Wildman–Crippen MR) is 94.4 cm³/mol. The fourth-order valence-corrected chi connectivity index (χ4v) is 2.51. The zero-order valence-corrected chi connectivity index (χ0v) is 14.2. The Morgan fingerprint density at radius 2 is 2.07 bits per heavy atom. The van der Waals surface area contributed by atoms with E-state index in [2.05, 4.69) is 15.5 Å². The number of ether oxygens (including phenoxy) is 1. The number of esters is 1. The van der Waals surface area contributed by atoms with Crippen molar-refractivity contribution < 1.29 is 22.7 Å². The molecule has 0 radical (unpaired) electrons. The second-order valence-electron chi connectivity index (χ2n) is 5.61. The molecule has 9 heteroatoms. The number of halogens is 3. The molecule has 0 saturated heterocycles. The van der Waals surface area contributed by atoms with Crippen LogP contribution >= 0.6 is 0 Å². The highest BCUT2D eigenvalue weighted by molar-refractivity contribution is 6.00. The van der Waals surface area contributed by atoms with Crippen LogP contribution in [0.15, 0.2) is 53.9 Å². The Morgan fingerprint density at radius 3 is 2.74 bits per heavy atom. The molecular formula is C18H15F3N4O2. The molecule has 0 unspecified atom stereocenters. The largest absolute Gasteiger partial charge is 0.468 e. The Labute approximate surface area is 152 Å². The molecule has 0 aliphatic carbocycles. The first-order valence-corrected chi connectivity index (χ1v) is 7.85. The monoisotopic (exact) mass is 376 g/mol. The summed E-state index contributed by atoms with van der Waals surface area (Å²) in [5, 5.41) is 4.89. The minimum absolute atomic E-state index is 0.0543. The number of pyridine rings is 1. The molecule has 2 heterocycles. The Kier molecular flexibility index (Phi) is 5.11. The number of hydrogen-bond acceptors (Lipinski definition) is 5. The van der Waals surface area contributed by atoms with E-state index in [9.17, 15) is 18.0 Å². The van der Waals surface area contributed by atoms with Gasteiger partial charge in [0.05, 0.1) is 18.9 Å². The molecule has 0 atom stereocenters. The second-order valence-corrected chi connectivity index (χ2v) is 5.61. The predicted octanol–water partition coefficient (Wildman–Crippen LogP) is 3.67. The van der Waals surface area contributed by atoms with Crippen molar-refractivity contribution in [1.82, 2.24) is 9.55 Å². The van der Waals surface area contributed by atoms with Crippen molar-refractivity contribution in [3.63, 3.8) is 0 Å². The molecule has 1 N–H and O–H groups in total. The highest BCUT2D eigenvalue weighted by Crippen LogP contribution is 2.28. The van der Waals surface area contributed by atoms with Crippen LogP contribution in [0.2, 0.25) is 0 Å². The van der Waals surface area contributed by atoms with Gasteiger partial charge in [0, 0.05) is 28.9 Å². The smallest absolute Gasteiger partial charge is 0.417 e. The maximum atomic E-state index is 12.5. The molecular weight excluding hydrogens is 361 g/mol. The Morgan fingerprint density at radius 1 is 1.30 bits per heavy atom. The van der Waals surface area contributed by atoms with Crippen LogP contribution in [0.1, 0.15) is 11.1 Å². The Hall–Kier alpha value is -3.36. The van der Waals surface area contributed by atoms with Gasteiger partial charge in [-0.3, -0.25) is 10.2 Å². The van der Waals surface area contributed by atoms with E-state index < -0.39 is 11.7 Å². The lowest BCUT2D eigenvalue weighted by Crippen LogP contribution is -2.10. The molecule has 27 heavy (non-hydrogen) atoms. The van der Waals surface area contributed by atoms with E-state index in [-0.39, 0.29) is 18.3 Å². The van der Waals surface area contributed by atoms with Gasteiger partial charge in [0.2, 0.25) is 0 Å². The van der Waals surface area contributed by atoms with Gasteiger partial charge in [-0.05, 0) is 18.2 Å². The summed E-state index contributed by atoms with van der Waals surface area (Å²) in [4.78, 5) is 15.2. The lowest BCUT2D eigenvalue weighted by Gasteiger charge is -2.06. The summed E-state index contributed by atoms with van der Waals surface area (Å²) in [7, 11) is 1.32. The fraction of sp³-hybridized carbons (Fsp3) is 0.167. The summed E-state index contributed by atoms with van der Waals surface area (Å²) >= 11 is 0. The molecule has 0 bridgehead atoms. The number of carbonyl (C=O) groups excluding carboxylic acids is 1. The third-order valence-corrected chi connectivity index (χ3v) is 3.82. The molecule has 6 nitrogen and oxygen atoms in total. The van der Waals surface area contributed by atoms with E-state index in [0.717, 1.165) is 28.7 Å². The minimum Gasteiger partial charge on any atom is -0.468 e. The number of para-hydroxylation sites is 1. The first kappa shape index (κ1) is 18.4. The molecule has 3 rings (SSSR count). The summed E-state index contributed by atoms with van der Waals surface area (Å²) in [6, 6.07) is 9.56. The number of hydrazone groups is 1. The van der Waals surface area contributed by atoms with Crippen molar-refractivity contribution in [2.24, 2.45) is 5.10 Å². The van der Waals surface area contributed by atoms with Gasteiger partial charge in [-0.25, -0.2) is 4.98 Å². The Balaban J connectivity index is 1.79. The number of anilines is 1. The van der Waals surface area contributed by atoms with Crippen molar-refractivity contribution >= 4 is 28.9 Å². The Bertz CT molecular complexity index is 978. The number of benzene rings is 1. The van der Waals surface area contributed by atoms with Gasteiger partial charge < -0.3 is 9.30 Å². The maximum absolute atomic E-state index is 12.5. The zero-order valence-electron chi connectivity index (χ0n) is 14.2. The average molecular weight is 376 g/mol. The molecule has 0 aliphatic heterocycles. The number of carbonyl (C=O) groups is 1. The van der Waals surface area contributed by atoms with Crippen LogP contribution in [0.25, 0.3) is 10.9 Å². The highest BCUT2D eigenvalue weighted by Gasteiger charge is 2.30. The van der Waals surface area contributed by atoms with Crippen LogP contribution in [0.4, 0.5) is 19.0 Å². The molecule has 0 fully saturated rings. The zero-order chi connectivity index (χ0) is 19.4. The SMILES string of the molecule is COC(=O)Cn1cc(/C=N\Nc2ccc(C(F)(F)F)cn2)c2ccccc21. The number of nitrogens with one attached hydrogen (secondary N) is 1. The molecule has 0 saturated carbocycles. The molecule has 3 aromatic rings. The van der Waals surface area contributed by atoms with Crippen molar-refractivity contribution in [3.8, 4) is 0 Å². The van der Waals surface area contributed by atoms with Crippen molar-refractivity contribution in [1.29, 1.82) is 0 Å². The molecule has 140 valence electrons. The first-order valence-electron chi connectivity index (χ1n) is 7.85. The third kappa shape index (κ3) is 4.25. The number of methoxy groups -OCH3 is 1. The lowest BCUT2D eigenvalue weighted by molar-refractivity contribution is -0.141. The molecule has 2 aromatic heterocycles. The normalized spacial score (nSPS) is 11.9. The number of aromatic nitrogens is 2. The molecule has 0 aliphatic rings. The van der Waals surface area contributed by atoms with Crippen LogP contribution < -0.4 is 5.43 Å². The minimum atomic E-state index is -4.43. The van der Waals surface area contributed by atoms with Crippen LogP contribution in [0, 0.1) is 0 Å².